The molecule has 2 aliphatic rings. The lowest BCUT2D eigenvalue weighted by molar-refractivity contribution is -0.138. The zero-order valence-corrected chi connectivity index (χ0v) is 15.0. The number of nitrogens with zero attached hydrogens (tertiary/aromatic N) is 2. The predicted molar refractivity (Wildman–Crippen MR) is 95.8 cm³/mol. The van der Waals surface area contributed by atoms with Crippen molar-refractivity contribution in [3.8, 4) is 5.75 Å². The Morgan fingerprint density at radius 2 is 2.12 bits per heavy atom. The van der Waals surface area contributed by atoms with Gasteiger partial charge in [0, 0.05) is 37.9 Å². The summed E-state index contributed by atoms with van der Waals surface area (Å²) < 4.78 is 5.32. The summed E-state index contributed by atoms with van der Waals surface area (Å²) in [5, 5.41) is 5.76. The van der Waals surface area contributed by atoms with Crippen LogP contribution in [0.3, 0.4) is 0 Å². The van der Waals surface area contributed by atoms with E-state index in [0.29, 0.717) is 19.6 Å². The molecular weight excluding hydrogens is 320 g/mol. The molecule has 1 unspecified atom stereocenters. The monoisotopic (exact) mass is 346 g/mol. The molecule has 1 aromatic carbocycles. The maximum absolute atomic E-state index is 12.8. The average Bonchev–Trinajstić information content (AvgIpc) is 2.60. The summed E-state index contributed by atoms with van der Waals surface area (Å²) in [6.07, 6.45) is 0. The van der Waals surface area contributed by atoms with Gasteiger partial charge < -0.3 is 25.2 Å². The van der Waals surface area contributed by atoms with Crippen molar-refractivity contribution in [3.63, 3.8) is 0 Å². The van der Waals surface area contributed by atoms with E-state index in [1.54, 1.807) is 7.11 Å². The highest BCUT2D eigenvalue weighted by Crippen LogP contribution is 2.30. The summed E-state index contributed by atoms with van der Waals surface area (Å²) in [5.74, 6) is 0.681. The third-order valence-electron chi connectivity index (χ3n) is 4.85. The van der Waals surface area contributed by atoms with Crippen LogP contribution in [0.15, 0.2) is 24.3 Å². The van der Waals surface area contributed by atoms with E-state index in [9.17, 15) is 9.59 Å². The van der Waals surface area contributed by atoms with Crippen LogP contribution in [0.2, 0.25) is 0 Å². The molecule has 3 rings (SSSR count). The highest BCUT2D eigenvalue weighted by molar-refractivity contribution is 5.90. The molecule has 2 saturated heterocycles. The van der Waals surface area contributed by atoms with Crippen molar-refractivity contribution in [2.75, 3.05) is 44.7 Å². The van der Waals surface area contributed by atoms with Crippen LogP contribution >= 0.6 is 0 Å². The van der Waals surface area contributed by atoms with Crippen LogP contribution in [0, 0.1) is 0 Å². The molecule has 1 aromatic rings. The summed E-state index contributed by atoms with van der Waals surface area (Å²) in [6, 6.07) is 7.51. The molecule has 136 valence electrons. The van der Waals surface area contributed by atoms with Gasteiger partial charge in [-0.05, 0) is 26.0 Å². The number of hydrogen-bond acceptors (Lipinski definition) is 5. The first kappa shape index (κ1) is 17.5. The van der Waals surface area contributed by atoms with Gasteiger partial charge in [0.25, 0.3) is 0 Å². The molecule has 2 heterocycles. The minimum Gasteiger partial charge on any atom is -0.497 e. The molecule has 7 nitrogen and oxygen atoms in total. The van der Waals surface area contributed by atoms with Crippen molar-refractivity contribution in [3.05, 3.63) is 24.3 Å². The van der Waals surface area contributed by atoms with Crippen LogP contribution in [-0.4, -0.2) is 68.1 Å². The van der Waals surface area contributed by atoms with Gasteiger partial charge >= 0.3 is 0 Å². The molecule has 2 aliphatic heterocycles. The SMILES string of the molecule is COc1cccc(N2CCN(C(=O)C3CNCC(=O)N3)CC2(C)C)c1. The van der Waals surface area contributed by atoms with Gasteiger partial charge in [0.1, 0.15) is 11.8 Å². The Morgan fingerprint density at radius 3 is 2.80 bits per heavy atom. The normalized spacial score (nSPS) is 23.2. The van der Waals surface area contributed by atoms with Gasteiger partial charge in [0.2, 0.25) is 11.8 Å². The second-order valence-corrected chi connectivity index (χ2v) is 7.18. The number of nitrogens with one attached hydrogen (secondary N) is 2. The number of benzene rings is 1. The number of carbonyl (C=O) groups excluding carboxylic acids is 2. The van der Waals surface area contributed by atoms with Crippen molar-refractivity contribution in [2.45, 2.75) is 25.4 Å². The topological polar surface area (TPSA) is 73.9 Å². The second-order valence-electron chi connectivity index (χ2n) is 7.18. The molecule has 0 saturated carbocycles. The summed E-state index contributed by atoms with van der Waals surface area (Å²) in [4.78, 5) is 28.4. The van der Waals surface area contributed by atoms with Crippen molar-refractivity contribution in [2.24, 2.45) is 0 Å². The minimum absolute atomic E-state index is 0.0149. The summed E-state index contributed by atoms with van der Waals surface area (Å²) in [5.41, 5.74) is 0.871. The molecule has 0 aromatic heterocycles. The first-order valence-electron chi connectivity index (χ1n) is 8.61. The van der Waals surface area contributed by atoms with Crippen molar-refractivity contribution < 1.29 is 14.3 Å². The fourth-order valence-electron chi connectivity index (χ4n) is 3.60. The largest absolute Gasteiger partial charge is 0.497 e. The Balaban J connectivity index is 1.71. The lowest BCUT2D eigenvalue weighted by Crippen LogP contribution is -2.65. The quantitative estimate of drug-likeness (QED) is 0.819. The van der Waals surface area contributed by atoms with Crippen LogP contribution in [-0.2, 0) is 9.59 Å². The Hall–Kier alpha value is -2.28. The second kappa shape index (κ2) is 6.92. The number of amides is 2. The van der Waals surface area contributed by atoms with Crippen LogP contribution in [0.25, 0.3) is 0 Å². The molecular formula is C18H26N4O3. The Labute approximate surface area is 148 Å². The lowest BCUT2D eigenvalue weighted by atomic mass is 9.96. The lowest BCUT2D eigenvalue weighted by Gasteiger charge is -2.49. The van der Waals surface area contributed by atoms with Crippen LogP contribution < -0.4 is 20.3 Å². The van der Waals surface area contributed by atoms with Crippen molar-refractivity contribution >= 4 is 17.5 Å². The van der Waals surface area contributed by atoms with E-state index < -0.39 is 6.04 Å². The minimum atomic E-state index is -0.472. The standard InChI is InChI=1S/C18H26N4O3/c1-18(2)12-21(17(24)15-10-19-11-16(23)20-15)7-8-22(18)13-5-4-6-14(9-13)25-3/h4-6,9,15,19H,7-8,10-12H2,1-3H3,(H,20,23). The Morgan fingerprint density at radius 1 is 1.32 bits per heavy atom. The Bertz CT molecular complexity index is 661. The van der Waals surface area contributed by atoms with Gasteiger partial charge in [-0.15, -0.1) is 0 Å². The van der Waals surface area contributed by atoms with E-state index in [2.05, 4.69) is 35.4 Å². The maximum atomic E-state index is 12.8. The average molecular weight is 346 g/mol. The molecule has 1 atom stereocenters. The fourth-order valence-corrected chi connectivity index (χ4v) is 3.60. The van der Waals surface area contributed by atoms with Crippen molar-refractivity contribution in [1.29, 1.82) is 0 Å². The number of hydrogen-bond donors (Lipinski definition) is 2. The first-order chi connectivity index (χ1) is 11.9. The van der Waals surface area contributed by atoms with Crippen molar-refractivity contribution in [1.82, 2.24) is 15.5 Å². The highest BCUT2D eigenvalue weighted by Gasteiger charge is 2.38. The molecule has 0 aliphatic carbocycles. The van der Waals surface area contributed by atoms with Gasteiger partial charge in [0.05, 0.1) is 19.2 Å². The first-order valence-corrected chi connectivity index (χ1v) is 8.61. The summed E-state index contributed by atoms with van der Waals surface area (Å²) in [6.45, 7) is 6.99. The molecule has 0 bridgehead atoms. The molecule has 7 heteroatoms. The van der Waals surface area contributed by atoms with Crippen LogP contribution in [0.1, 0.15) is 13.8 Å². The van der Waals surface area contributed by atoms with E-state index >= 15 is 0 Å². The zero-order chi connectivity index (χ0) is 18.0. The van der Waals surface area contributed by atoms with E-state index in [1.165, 1.54) is 0 Å². The van der Waals surface area contributed by atoms with Gasteiger partial charge in [-0.25, -0.2) is 0 Å². The predicted octanol–water partition coefficient (Wildman–Crippen LogP) is 0.210. The Kier molecular flexibility index (Phi) is 4.85. The number of carbonyl (C=O) groups is 2. The molecule has 25 heavy (non-hydrogen) atoms. The molecule has 2 amide bonds. The number of anilines is 1. The van der Waals surface area contributed by atoms with E-state index in [4.69, 9.17) is 4.74 Å². The highest BCUT2D eigenvalue weighted by atomic mass is 16.5. The van der Waals surface area contributed by atoms with Crippen LogP contribution in [0.4, 0.5) is 5.69 Å². The molecule has 0 radical (unpaired) electrons. The molecule has 2 N–H and O–H groups in total. The summed E-state index contributed by atoms with van der Waals surface area (Å²) >= 11 is 0. The van der Waals surface area contributed by atoms with E-state index in [-0.39, 0.29) is 23.9 Å². The van der Waals surface area contributed by atoms with Gasteiger partial charge in [-0.3, -0.25) is 9.59 Å². The van der Waals surface area contributed by atoms with Gasteiger partial charge in [-0.1, -0.05) is 6.07 Å². The van der Waals surface area contributed by atoms with Gasteiger partial charge in [-0.2, -0.15) is 0 Å². The van der Waals surface area contributed by atoms with E-state index in [0.717, 1.165) is 18.0 Å². The van der Waals surface area contributed by atoms with Crippen LogP contribution in [0.5, 0.6) is 5.75 Å². The maximum Gasteiger partial charge on any atom is 0.246 e. The van der Waals surface area contributed by atoms with Gasteiger partial charge in [0.15, 0.2) is 0 Å². The third kappa shape index (κ3) is 3.71. The molecule has 2 fully saturated rings. The third-order valence-corrected chi connectivity index (χ3v) is 4.85. The smallest absolute Gasteiger partial charge is 0.246 e. The summed E-state index contributed by atoms with van der Waals surface area (Å²) in [7, 11) is 1.66. The number of ether oxygens (including phenoxy) is 1. The van der Waals surface area contributed by atoms with E-state index in [1.807, 2.05) is 23.1 Å². The zero-order valence-electron chi connectivity index (χ0n) is 15.0. The molecule has 0 spiro atoms. The number of methoxy groups -OCH3 is 1. The number of rotatable bonds is 3. The number of piperazine rings is 2. The fraction of sp³-hybridized carbons (Fsp3) is 0.556.